The second-order valence-electron chi connectivity index (χ2n) is 5.13. The van der Waals surface area contributed by atoms with E-state index in [9.17, 15) is 26.7 Å². The van der Waals surface area contributed by atoms with Gasteiger partial charge in [-0.3, -0.25) is 5.32 Å². The molecule has 0 fully saturated rings. The molecule has 0 aromatic heterocycles. The zero-order chi connectivity index (χ0) is 17.7. The topological polar surface area (TPSA) is 64.3 Å². The fourth-order valence-electron chi connectivity index (χ4n) is 1.76. The molecule has 0 aliphatic carbocycles. The maximum atomic E-state index is 13.1. The Morgan fingerprint density at radius 3 is 2.26 bits per heavy atom. The molecule has 1 aromatic carbocycles. The van der Waals surface area contributed by atoms with Gasteiger partial charge in [-0.05, 0) is 12.5 Å². The number of nitrogens with one attached hydrogen (secondary N) is 1. The Labute approximate surface area is 129 Å². The minimum absolute atomic E-state index is 0.391. The molecule has 2 unspecified atom stereocenters. The summed E-state index contributed by atoms with van der Waals surface area (Å²) in [4.78, 5) is 10.8. The molecule has 2 atom stereocenters. The predicted molar refractivity (Wildman–Crippen MR) is 72.8 cm³/mol. The maximum Gasteiger partial charge on any atom is 0.490 e. The first-order valence-corrected chi connectivity index (χ1v) is 6.65. The van der Waals surface area contributed by atoms with Crippen molar-refractivity contribution in [2.45, 2.75) is 31.1 Å². The molecule has 0 saturated carbocycles. The third kappa shape index (κ3) is 5.43. The number of ether oxygens (including phenoxy) is 1. The molecule has 0 amide bonds. The summed E-state index contributed by atoms with van der Waals surface area (Å²) in [6, 6.07) is 6.78. The number of carbonyl (C=O) groups is 1. The summed E-state index contributed by atoms with van der Waals surface area (Å²) in [6.45, 7) is -0.0783. The smallest absolute Gasteiger partial charge is 0.457 e. The van der Waals surface area contributed by atoms with E-state index in [-0.39, 0.29) is 0 Å². The van der Waals surface area contributed by atoms with Gasteiger partial charge in [-0.25, -0.2) is 13.6 Å². The van der Waals surface area contributed by atoms with E-state index in [4.69, 9.17) is 5.73 Å². The molecule has 0 spiro atoms. The van der Waals surface area contributed by atoms with E-state index in [2.05, 4.69) is 10.1 Å². The lowest BCUT2D eigenvalue weighted by molar-refractivity contribution is -0.200. The molecule has 0 heterocycles. The Morgan fingerprint density at radius 1 is 1.26 bits per heavy atom. The van der Waals surface area contributed by atoms with Gasteiger partial charge >= 0.3 is 12.1 Å². The minimum atomic E-state index is -5.15. The quantitative estimate of drug-likeness (QED) is 0.591. The molecule has 0 saturated heterocycles. The first kappa shape index (κ1) is 19.3. The summed E-state index contributed by atoms with van der Waals surface area (Å²) < 4.78 is 67.0. The van der Waals surface area contributed by atoms with Gasteiger partial charge in [-0.15, -0.1) is 0 Å². The van der Waals surface area contributed by atoms with Gasteiger partial charge in [0.05, 0.1) is 11.6 Å². The van der Waals surface area contributed by atoms with Crippen LogP contribution in [0.1, 0.15) is 18.5 Å². The van der Waals surface area contributed by atoms with E-state index >= 15 is 0 Å². The number of esters is 1. The minimum Gasteiger partial charge on any atom is -0.457 e. The van der Waals surface area contributed by atoms with Crippen LogP contribution in [0.25, 0.3) is 0 Å². The van der Waals surface area contributed by atoms with Crippen molar-refractivity contribution in [3.05, 3.63) is 35.9 Å². The number of hydrogen-bond donors (Lipinski definition) is 2. The van der Waals surface area contributed by atoms with Crippen molar-refractivity contribution in [2.75, 3.05) is 13.2 Å². The number of alkyl halides is 5. The van der Waals surface area contributed by atoms with Gasteiger partial charge in [0.15, 0.2) is 0 Å². The summed E-state index contributed by atoms with van der Waals surface area (Å²) in [5.41, 5.74) is 3.88. The molecule has 0 radical (unpaired) electrons. The first-order chi connectivity index (χ1) is 10.6. The Morgan fingerprint density at radius 2 is 1.83 bits per heavy atom. The third-order valence-corrected chi connectivity index (χ3v) is 3.22. The fourth-order valence-corrected chi connectivity index (χ4v) is 1.76. The highest BCUT2D eigenvalue weighted by Crippen LogP contribution is 2.23. The summed E-state index contributed by atoms with van der Waals surface area (Å²) in [7, 11) is 0. The van der Waals surface area contributed by atoms with Gasteiger partial charge in [0.2, 0.25) is 0 Å². The average Bonchev–Trinajstić information content (AvgIpc) is 2.50. The summed E-state index contributed by atoms with van der Waals surface area (Å²) in [5, 5.41) is 2.48. The Kier molecular flexibility index (Phi) is 6.46. The molecule has 0 bridgehead atoms. The van der Waals surface area contributed by atoms with Gasteiger partial charge in [0, 0.05) is 6.54 Å². The summed E-state index contributed by atoms with van der Waals surface area (Å²) in [6.07, 6.45) is -8.02. The molecule has 130 valence electrons. The van der Waals surface area contributed by atoms with Crippen molar-refractivity contribution < 1.29 is 31.5 Å². The molecule has 4 nitrogen and oxygen atoms in total. The van der Waals surface area contributed by atoms with Gasteiger partial charge in [0.25, 0.3) is 6.43 Å². The van der Waals surface area contributed by atoms with Crippen LogP contribution in [-0.2, 0) is 9.53 Å². The van der Waals surface area contributed by atoms with Crippen LogP contribution in [0.2, 0.25) is 0 Å². The van der Waals surface area contributed by atoms with Crippen LogP contribution < -0.4 is 11.1 Å². The number of carbonyl (C=O) groups excluding carboxylic acids is 1. The second-order valence-corrected chi connectivity index (χ2v) is 5.13. The van der Waals surface area contributed by atoms with E-state index in [1.54, 1.807) is 18.2 Å². The van der Waals surface area contributed by atoms with Crippen LogP contribution in [0.3, 0.4) is 0 Å². The van der Waals surface area contributed by atoms with Crippen molar-refractivity contribution in [1.82, 2.24) is 5.32 Å². The van der Waals surface area contributed by atoms with E-state index in [1.807, 2.05) is 0 Å². The number of nitrogens with two attached hydrogens (primary N) is 1. The molecule has 1 rings (SSSR count). The lowest BCUT2D eigenvalue weighted by Gasteiger charge is -2.33. The number of rotatable bonds is 7. The number of benzene rings is 1. The summed E-state index contributed by atoms with van der Waals surface area (Å²) in [5.74, 6) is -2.38. The number of hydrogen-bond acceptors (Lipinski definition) is 4. The molecule has 9 heteroatoms. The monoisotopic (exact) mass is 340 g/mol. The van der Waals surface area contributed by atoms with Crippen LogP contribution in [0.5, 0.6) is 0 Å². The van der Waals surface area contributed by atoms with E-state index in [0.717, 1.165) is 6.92 Å². The van der Waals surface area contributed by atoms with E-state index in [0.29, 0.717) is 5.56 Å². The van der Waals surface area contributed by atoms with Crippen molar-refractivity contribution in [2.24, 2.45) is 5.73 Å². The molecular weight excluding hydrogens is 323 g/mol. The van der Waals surface area contributed by atoms with Crippen LogP contribution in [0.4, 0.5) is 22.0 Å². The normalized spacial score (nSPS) is 16.0. The first-order valence-electron chi connectivity index (χ1n) is 6.65. The standard InChI is InChI=1S/C14H17F5N2O2/c1-13(8-20,11(15)16)21-10(9-5-3-2-4-6-9)7-23-12(22)14(17,18)19/h2-6,10-11,21H,7-8,20H2,1H3. The van der Waals surface area contributed by atoms with Crippen LogP contribution in [0.15, 0.2) is 30.3 Å². The Bertz CT molecular complexity index is 510. The predicted octanol–water partition coefficient (Wildman–Crippen LogP) is 2.41. The molecule has 0 aliphatic heterocycles. The molecule has 0 aliphatic rings. The van der Waals surface area contributed by atoms with E-state index in [1.165, 1.54) is 12.1 Å². The molecular formula is C14H17F5N2O2. The highest BCUT2D eigenvalue weighted by Gasteiger charge is 2.42. The van der Waals surface area contributed by atoms with Crippen molar-refractivity contribution in [1.29, 1.82) is 0 Å². The van der Waals surface area contributed by atoms with E-state index < -0.39 is 43.3 Å². The fraction of sp³-hybridized carbons (Fsp3) is 0.500. The third-order valence-electron chi connectivity index (χ3n) is 3.22. The maximum absolute atomic E-state index is 13.1. The van der Waals surface area contributed by atoms with Crippen LogP contribution in [-0.4, -0.2) is 37.3 Å². The molecule has 23 heavy (non-hydrogen) atoms. The molecule has 3 N–H and O–H groups in total. The lowest BCUT2D eigenvalue weighted by Crippen LogP contribution is -2.56. The van der Waals surface area contributed by atoms with Crippen molar-refractivity contribution in [3.63, 3.8) is 0 Å². The highest BCUT2D eigenvalue weighted by atomic mass is 19.4. The van der Waals surface area contributed by atoms with Gasteiger partial charge < -0.3 is 10.5 Å². The van der Waals surface area contributed by atoms with Gasteiger partial charge in [0.1, 0.15) is 6.61 Å². The second kappa shape index (κ2) is 7.69. The number of halogens is 5. The molecule has 1 aromatic rings. The van der Waals surface area contributed by atoms with Gasteiger partial charge in [-0.1, -0.05) is 30.3 Å². The average molecular weight is 340 g/mol. The largest absolute Gasteiger partial charge is 0.490 e. The van der Waals surface area contributed by atoms with Crippen LogP contribution in [0, 0.1) is 0 Å². The Hall–Kier alpha value is -1.74. The SMILES string of the molecule is CC(CN)(NC(COC(=O)C(F)(F)F)c1ccccc1)C(F)F. The Balaban J connectivity index is 2.93. The van der Waals surface area contributed by atoms with Crippen LogP contribution >= 0.6 is 0 Å². The zero-order valence-electron chi connectivity index (χ0n) is 12.2. The van der Waals surface area contributed by atoms with Crippen molar-refractivity contribution >= 4 is 5.97 Å². The van der Waals surface area contributed by atoms with Gasteiger partial charge in [-0.2, -0.15) is 13.2 Å². The zero-order valence-corrected chi connectivity index (χ0v) is 12.2. The lowest BCUT2D eigenvalue weighted by atomic mass is 9.99. The van der Waals surface area contributed by atoms with Crippen molar-refractivity contribution in [3.8, 4) is 0 Å². The highest BCUT2D eigenvalue weighted by molar-refractivity contribution is 5.75. The summed E-state index contributed by atoms with van der Waals surface area (Å²) >= 11 is 0.